The number of nitrogens with zero attached hydrogens (tertiary/aromatic N) is 2. The fourth-order valence-electron chi connectivity index (χ4n) is 3.12. The number of hydrogen-bond donors (Lipinski definition) is 1. The van der Waals surface area contributed by atoms with Crippen molar-refractivity contribution in [3.05, 3.63) is 83.4 Å². The van der Waals surface area contributed by atoms with Crippen LogP contribution in [0.3, 0.4) is 0 Å². The molecule has 0 aliphatic carbocycles. The van der Waals surface area contributed by atoms with Crippen LogP contribution >= 0.6 is 0 Å². The zero-order valence-electron chi connectivity index (χ0n) is 15.6. The number of carboxylic acid groups (broad SMARTS) is 1. The third kappa shape index (κ3) is 4.46. The number of hydrogen-bond acceptors (Lipinski definition) is 4. The molecule has 144 valence electrons. The van der Waals surface area contributed by atoms with E-state index in [4.69, 9.17) is 9.94 Å². The van der Waals surface area contributed by atoms with Gasteiger partial charge in [-0.1, -0.05) is 72.7 Å². The van der Waals surface area contributed by atoms with Gasteiger partial charge in [0.05, 0.1) is 11.8 Å². The van der Waals surface area contributed by atoms with E-state index >= 15 is 0 Å². The highest BCUT2D eigenvalue weighted by molar-refractivity contribution is 6.08. The van der Waals surface area contributed by atoms with Gasteiger partial charge in [0, 0.05) is 12.1 Å². The number of benzene rings is 2. The maximum atomic E-state index is 12.9. The summed E-state index contributed by atoms with van der Waals surface area (Å²) < 4.78 is 0. The van der Waals surface area contributed by atoms with Crippen LogP contribution in [0.25, 0.3) is 0 Å². The third-order valence-corrected chi connectivity index (χ3v) is 4.48. The van der Waals surface area contributed by atoms with Crippen LogP contribution in [0.5, 0.6) is 0 Å². The second kappa shape index (κ2) is 8.99. The standard InChI is InChI=1S/C22H22N2O4/c1-2-18(23-28-15-20(25)26)13-19-21(17-11-7-4-8-12-17)24(22(19)27)14-16-9-5-3-6-10-16/h3-13,21H,2,14-15H2,1H3,(H,25,26). The van der Waals surface area contributed by atoms with Crippen molar-refractivity contribution < 1.29 is 19.5 Å². The van der Waals surface area contributed by atoms with E-state index in [1.54, 1.807) is 6.08 Å². The molecule has 28 heavy (non-hydrogen) atoms. The summed E-state index contributed by atoms with van der Waals surface area (Å²) in [4.78, 5) is 30.1. The van der Waals surface area contributed by atoms with E-state index < -0.39 is 12.6 Å². The number of carboxylic acids is 1. The van der Waals surface area contributed by atoms with Crippen LogP contribution in [0.2, 0.25) is 0 Å². The van der Waals surface area contributed by atoms with E-state index in [-0.39, 0.29) is 11.9 Å². The van der Waals surface area contributed by atoms with Crippen LogP contribution < -0.4 is 0 Å². The number of rotatable bonds is 8. The number of β-lactam (4-membered cyclic amide) rings is 1. The molecular weight excluding hydrogens is 356 g/mol. The van der Waals surface area contributed by atoms with Gasteiger partial charge >= 0.3 is 5.97 Å². The molecular formula is C22H22N2O4. The van der Waals surface area contributed by atoms with E-state index in [2.05, 4.69) is 5.16 Å². The van der Waals surface area contributed by atoms with Crippen LogP contribution in [0.1, 0.15) is 30.5 Å². The summed E-state index contributed by atoms with van der Waals surface area (Å²) in [6, 6.07) is 19.5. The van der Waals surface area contributed by atoms with Gasteiger partial charge in [-0.2, -0.15) is 0 Å². The highest BCUT2D eigenvalue weighted by Gasteiger charge is 2.42. The number of allylic oxidation sites excluding steroid dienone is 1. The van der Waals surface area contributed by atoms with Gasteiger partial charge in [-0.25, -0.2) is 4.79 Å². The Morgan fingerprint density at radius 2 is 1.79 bits per heavy atom. The molecule has 6 heteroatoms. The first-order valence-electron chi connectivity index (χ1n) is 9.12. The molecule has 1 N–H and O–H groups in total. The molecule has 0 radical (unpaired) electrons. The number of carbonyl (C=O) groups is 2. The number of amides is 1. The zero-order chi connectivity index (χ0) is 19.9. The second-order valence-corrected chi connectivity index (χ2v) is 6.43. The summed E-state index contributed by atoms with van der Waals surface area (Å²) in [5.74, 6) is -1.15. The van der Waals surface area contributed by atoms with Crippen molar-refractivity contribution in [2.24, 2.45) is 5.16 Å². The first-order chi connectivity index (χ1) is 13.6. The van der Waals surface area contributed by atoms with E-state index in [0.29, 0.717) is 24.3 Å². The van der Waals surface area contributed by atoms with Gasteiger partial charge in [-0.3, -0.25) is 4.79 Å². The summed E-state index contributed by atoms with van der Waals surface area (Å²) in [5, 5.41) is 12.5. The quantitative estimate of drug-likeness (QED) is 0.330. The maximum absolute atomic E-state index is 12.9. The Kier molecular flexibility index (Phi) is 6.22. The van der Waals surface area contributed by atoms with Crippen molar-refractivity contribution in [2.45, 2.75) is 25.9 Å². The lowest BCUT2D eigenvalue weighted by atomic mass is 9.86. The Hall–Kier alpha value is -3.41. The monoisotopic (exact) mass is 378 g/mol. The number of likely N-dealkylation sites (tertiary alicyclic amines) is 1. The molecule has 0 aromatic heterocycles. The smallest absolute Gasteiger partial charge is 0.344 e. The van der Waals surface area contributed by atoms with Gasteiger partial charge in [0.15, 0.2) is 0 Å². The van der Waals surface area contributed by atoms with Gasteiger partial charge in [0.25, 0.3) is 5.91 Å². The molecule has 1 aliphatic rings. The molecule has 1 saturated heterocycles. The van der Waals surface area contributed by atoms with E-state index in [1.165, 1.54) is 0 Å². The molecule has 6 nitrogen and oxygen atoms in total. The summed E-state index contributed by atoms with van der Waals surface area (Å²) in [7, 11) is 0. The van der Waals surface area contributed by atoms with Gasteiger partial charge < -0.3 is 14.8 Å². The lowest BCUT2D eigenvalue weighted by molar-refractivity contribution is -0.142. The second-order valence-electron chi connectivity index (χ2n) is 6.43. The highest BCUT2D eigenvalue weighted by Crippen LogP contribution is 2.40. The molecule has 1 amide bonds. The zero-order valence-corrected chi connectivity index (χ0v) is 15.6. The van der Waals surface area contributed by atoms with Gasteiger partial charge in [0.1, 0.15) is 0 Å². The fourth-order valence-corrected chi connectivity index (χ4v) is 3.12. The number of carbonyl (C=O) groups excluding carboxylic acids is 1. The molecule has 0 bridgehead atoms. The molecule has 1 unspecified atom stereocenters. The van der Waals surface area contributed by atoms with Gasteiger partial charge in [-0.05, 0) is 23.6 Å². The molecule has 1 fully saturated rings. The fraction of sp³-hybridized carbons (Fsp3) is 0.227. The molecule has 0 saturated carbocycles. The molecule has 1 atom stereocenters. The summed E-state index contributed by atoms with van der Waals surface area (Å²) in [6.45, 7) is 1.88. The number of oxime groups is 1. The van der Waals surface area contributed by atoms with Crippen LogP contribution in [0, 0.1) is 0 Å². The minimum absolute atomic E-state index is 0.0582. The minimum Gasteiger partial charge on any atom is -0.479 e. The molecule has 0 spiro atoms. The number of aliphatic carboxylic acids is 1. The third-order valence-electron chi connectivity index (χ3n) is 4.48. The Morgan fingerprint density at radius 3 is 2.39 bits per heavy atom. The predicted octanol–water partition coefficient (Wildman–Crippen LogP) is 3.56. The molecule has 1 heterocycles. The predicted molar refractivity (Wildman–Crippen MR) is 106 cm³/mol. The van der Waals surface area contributed by atoms with Crippen LogP contribution in [0.15, 0.2) is 77.5 Å². The van der Waals surface area contributed by atoms with Crippen molar-refractivity contribution in [3.63, 3.8) is 0 Å². The van der Waals surface area contributed by atoms with Crippen molar-refractivity contribution in [1.29, 1.82) is 0 Å². The van der Waals surface area contributed by atoms with Crippen LogP contribution in [0.4, 0.5) is 0 Å². The first-order valence-corrected chi connectivity index (χ1v) is 9.12. The first kappa shape index (κ1) is 19.4. The SMILES string of the molecule is CCC(C=C1C(=O)N(Cc2ccccc2)C1c1ccccc1)=NOCC(=O)O. The van der Waals surface area contributed by atoms with E-state index in [9.17, 15) is 9.59 Å². The van der Waals surface area contributed by atoms with E-state index in [0.717, 1.165) is 11.1 Å². The average Bonchev–Trinajstić information content (AvgIpc) is 2.72. The Balaban J connectivity index is 1.87. The van der Waals surface area contributed by atoms with Gasteiger partial charge in [-0.15, -0.1) is 0 Å². The topological polar surface area (TPSA) is 79.2 Å². The minimum atomic E-state index is -1.09. The lowest BCUT2D eigenvalue weighted by Crippen LogP contribution is -2.48. The largest absolute Gasteiger partial charge is 0.479 e. The normalized spacial score (nSPS) is 18.1. The average molecular weight is 378 g/mol. The van der Waals surface area contributed by atoms with Crippen molar-refractivity contribution in [2.75, 3.05) is 6.61 Å². The van der Waals surface area contributed by atoms with Crippen molar-refractivity contribution in [3.8, 4) is 0 Å². The summed E-state index contributed by atoms with van der Waals surface area (Å²) in [6.07, 6.45) is 2.24. The molecule has 1 aliphatic heterocycles. The molecule has 2 aromatic carbocycles. The summed E-state index contributed by atoms with van der Waals surface area (Å²) >= 11 is 0. The van der Waals surface area contributed by atoms with Crippen molar-refractivity contribution >= 4 is 17.6 Å². The Morgan fingerprint density at radius 1 is 1.14 bits per heavy atom. The Labute approximate surface area is 163 Å². The van der Waals surface area contributed by atoms with Crippen LogP contribution in [-0.2, 0) is 21.0 Å². The lowest BCUT2D eigenvalue weighted by Gasteiger charge is -2.43. The van der Waals surface area contributed by atoms with Crippen LogP contribution in [-0.4, -0.2) is 34.2 Å². The highest BCUT2D eigenvalue weighted by atomic mass is 16.6. The molecule has 2 aromatic rings. The summed E-state index contributed by atoms with van der Waals surface area (Å²) in [5.41, 5.74) is 3.24. The Bertz CT molecular complexity index is 891. The molecule has 3 rings (SSSR count). The van der Waals surface area contributed by atoms with Crippen molar-refractivity contribution in [1.82, 2.24) is 4.90 Å². The van der Waals surface area contributed by atoms with Gasteiger partial charge in [0.2, 0.25) is 6.61 Å². The van der Waals surface area contributed by atoms with E-state index in [1.807, 2.05) is 72.5 Å². The maximum Gasteiger partial charge on any atom is 0.344 e.